The van der Waals surface area contributed by atoms with Crippen LogP contribution in [0.3, 0.4) is 0 Å². The summed E-state index contributed by atoms with van der Waals surface area (Å²) in [6.07, 6.45) is 6.22. The van der Waals surface area contributed by atoms with Gasteiger partial charge in [-0.15, -0.1) is 0 Å². The van der Waals surface area contributed by atoms with Crippen LogP contribution in [0.25, 0.3) is 72.9 Å². The van der Waals surface area contributed by atoms with Crippen molar-refractivity contribution in [2.24, 2.45) is 0 Å². The summed E-state index contributed by atoms with van der Waals surface area (Å²) in [5, 5.41) is 0. The molecule has 5 aromatic carbocycles. The van der Waals surface area contributed by atoms with E-state index < -0.39 is 0 Å². The van der Waals surface area contributed by atoms with Crippen LogP contribution in [0.5, 0.6) is 0 Å². The Labute approximate surface area is 267 Å². The van der Waals surface area contributed by atoms with Gasteiger partial charge in [-0.3, -0.25) is 8.97 Å². The maximum Gasteiger partial charge on any atom is 0.220 e. The van der Waals surface area contributed by atoms with Gasteiger partial charge in [0, 0.05) is 16.8 Å². The van der Waals surface area contributed by atoms with Crippen LogP contribution in [0.15, 0.2) is 152 Å². The van der Waals surface area contributed by atoms with Crippen molar-refractivity contribution in [2.45, 2.75) is 13.8 Å². The maximum absolute atomic E-state index is 5.06. The Bertz CT molecular complexity index is 2440. The Morgan fingerprint density at radius 1 is 0.565 bits per heavy atom. The molecule has 0 unspecified atom stereocenters. The highest BCUT2D eigenvalue weighted by Gasteiger charge is 2.17. The van der Waals surface area contributed by atoms with Gasteiger partial charge in [-0.2, -0.15) is 0 Å². The van der Waals surface area contributed by atoms with E-state index in [2.05, 4.69) is 130 Å². The zero-order chi connectivity index (χ0) is 31.0. The number of benzene rings is 5. The molecule has 0 bridgehead atoms. The highest BCUT2D eigenvalue weighted by molar-refractivity contribution is 5.92. The molecule has 0 spiro atoms. The van der Waals surface area contributed by atoms with Crippen LogP contribution < -0.4 is 0 Å². The van der Waals surface area contributed by atoms with Crippen molar-refractivity contribution in [2.75, 3.05) is 0 Å². The lowest BCUT2D eigenvalue weighted by Crippen LogP contribution is -1.98. The van der Waals surface area contributed by atoms with Gasteiger partial charge >= 0.3 is 0 Å². The fraction of sp³-hybridized carbons (Fsp3) is 0.0488. The van der Waals surface area contributed by atoms with Crippen LogP contribution in [-0.4, -0.2) is 23.9 Å². The second kappa shape index (κ2) is 11.5. The molecule has 0 saturated carbocycles. The number of para-hydroxylation sites is 4. The van der Waals surface area contributed by atoms with E-state index in [4.69, 9.17) is 15.0 Å². The molecule has 0 atom stereocenters. The molecular weight excluding hydrogens is 562 g/mol. The molecule has 0 aliphatic heterocycles. The van der Waals surface area contributed by atoms with Crippen molar-refractivity contribution in [1.29, 1.82) is 0 Å². The van der Waals surface area contributed by atoms with Crippen LogP contribution in [0.1, 0.15) is 19.5 Å². The van der Waals surface area contributed by atoms with E-state index in [1.165, 1.54) is 0 Å². The molecule has 0 N–H and O–H groups in total. The second-order valence-corrected chi connectivity index (χ2v) is 11.3. The third-order valence-electron chi connectivity index (χ3n) is 8.41. The molecule has 0 fully saturated rings. The first-order valence-electron chi connectivity index (χ1n) is 15.5. The first-order valence-corrected chi connectivity index (χ1v) is 15.5. The van der Waals surface area contributed by atoms with E-state index in [1.807, 2.05) is 44.2 Å². The predicted molar refractivity (Wildman–Crippen MR) is 190 cm³/mol. The molecule has 0 aliphatic rings. The number of aromatic nitrogens is 5. The summed E-state index contributed by atoms with van der Waals surface area (Å²) >= 11 is 0. The van der Waals surface area contributed by atoms with Gasteiger partial charge in [0.1, 0.15) is 0 Å². The lowest BCUT2D eigenvalue weighted by Gasteiger charge is -2.12. The number of fused-ring (bicyclic) bond motifs is 5. The van der Waals surface area contributed by atoms with Gasteiger partial charge < -0.3 is 0 Å². The Morgan fingerprint density at radius 2 is 1.24 bits per heavy atom. The van der Waals surface area contributed by atoms with Gasteiger partial charge in [0.2, 0.25) is 5.78 Å². The van der Waals surface area contributed by atoms with Crippen molar-refractivity contribution in [1.82, 2.24) is 23.9 Å². The van der Waals surface area contributed by atoms with Crippen molar-refractivity contribution in [3.8, 4) is 39.5 Å². The van der Waals surface area contributed by atoms with Crippen LogP contribution in [0.4, 0.5) is 0 Å². The second-order valence-electron chi connectivity index (χ2n) is 11.3. The van der Waals surface area contributed by atoms with E-state index in [0.29, 0.717) is 5.82 Å². The van der Waals surface area contributed by atoms with Gasteiger partial charge in [-0.05, 0) is 79.1 Å². The summed E-state index contributed by atoms with van der Waals surface area (Å²) in [4.78, 5) is 15.1. The lowest BCUT2D eigenvalue weighted by molar-refractivity contribution is 1.11. The molecule has 220 valence electrons. The zero-order valence-corrected chi connectivity index (χ0v) is 25.7. The Kier molecular flexibility index (Phi) is 6.84. The average molecular weight is 594 g/mol. The summed E-state index contributed by atoms with van der Waals surface area (Å²) < 4.78 is 4.51. The smallest absolute Gasteiger partial charge is 0.220 e. The van der Waals surface area contributed by atoms with E-state index in [9.17, 15) is 0 Å². The summed E-state index contributed by atoms with van der Waals surface area (Å²) in [5.41, 5.74) is 12.5. The lowest BCUT2D eigenvalue weighted by atomic mass is 10.00. The Balaban J connectivity index is 1.26. The van der Waals surface area contributed by atoms with Crippen molar-refractivity contribution >= 4 is 33.4 Å². The highest BCUT2D eigenvalue weighted by Crippen LogP contribution is 2.33. The highest BCUT2D eigenvalue weighted by atomic mass is 15.2. The van der Waals surface area contributed by atoms with E-state index in [1.54, 1.807) is 0 Å². The molecule has 0 amide bonds. The zero-order valence-electron chi connectivity index (χ0n) is 25.7. The number of allylic oxidation sites excluding steroid dienone is 4. The van der Waals surface area contributed by atoms with E-state index >= 15 is 0 Å². The normalized spacial score (nSPS) is 12.2. The van der Waals surface area contributed by atoms with Crippen molar-refractivity contribution in [3.63, 3.8) is 0 Å². The fourth-order valence-electron chi connectivity index (χ4n) is 6.26. The van der Waals surface area contributed by atoms with Crippen LogP contribution in [-0.2, 0) is 0 Å². The fourth-order valence-corrected chi connectivity index (χ4v) is 6.26. The van der Waals surface area contributed by atoms with Crippen molar-refractivity contribution < 1.29 is 0 Å². The first kappa shape index (κ1) is 27.5. The van der Waals surface area contributed by atoms with Gasteiger partial charge in [0.15, 0.2) is 5.82 Å². The summed E-state index contributed by atoms with van der Waals surface area (Å²) in [6, 6.07) is 46.4. The number of hydrogen-bond donors (Lipinski definition) is 0. The Hall–Kier alpha value is -6.07. The molecular formula is C41H31N5. The summed E-state index contributed by atoms with van der Waals surface area (Å²) in [5.74, 6) is 1.61. The topological polar surface area (TPSA) is 48.0 Å². The standard InChI is InChI=1S/C41H31N5/c1-3-14-28(4-2)35-27-36(43-40(42-35)29-15-6-5-7-16-29)32-19-12-17-30(25-32)31-18-13-20-33(26-31)45-38-23-10-11-24-39(38)46-37-22-9-8-21-34(37)44-41(45)46/h3-27H,1-2H3/b14-3-,28-4+. The quantitative estimate of drug-likeness (QED) is 0.180. The summed E-state index contributed by atoms with van der Waals surface area (Å²) in [6.45, 7) is 4.07. The summed E-state index contributed by atoms with van der Waals surface area (Å²) in [7, 11) is 0. The molecule has 5 nitrogen and oxygen atoms in total. The molecule has 0 radical (unpaired) electrons. The molecule has 8 rings (SSSR count). The minimum Gasteiger partial charge on any atom is -0.278 e. The molecule has 8 aromatic rings. The van der Waals surface area contributed by atoms with Crippen LogP contribution >= 0.6 is 0 Å². The average Bonchev–Trinajstić information content (AvgIpc) is 3.65. The van der Waals surface area contributed by atoms with Gasteiger partial charge in [-0.1, -0.05) is 103 Å². The minimum atomic E-state index is 0.708. The SMILES string of the molecule is C/C=C\C(=C/C)c1cc(-c2cccc(-c3cccc(-n4c5ccccc5n5c6ccccc6nc45)c3)c2)nc(-c2ccccc2)n1. The van der Waals surface area contributed by atoms with E-state index in [-0.39, 0.29) is 0 Å². The van der Waals surface area contributed by atoms with E-state index in [0.717, 1.165) is 72.7 Å². The molecule has 3 heterocycles. The largest absolute Gasteiger partial charge is 0.278 e. The number of imidazole rings is 2. The molecule has 3 aromatic heterocycles. The first-order chi connectivity index (χ1) is 22.7. The molecule has 5 heteroatoms. The van der Waals surface area contributed by atoms with Crippen LogP contribution in [0, 0.1) is 0 Å². The molecule has 0 saturated heterocycles. The number of rotatable bonds is 6. The number of nitrogens with zero attached hydrogens (tertiary/aromatic N) is 5. The third-order valence-corrected chi connectivity index (χ3v) is 8.41. The van der Waals surface area contributed by atoms with Gasteiger partial charge in [-0.25, -0.2) is 15.0 Å². The van der Waals surface area contributed by atoms with Crippen LogP contribution in [0.2, 0.25) is 0 Å². The predicted octanol–water partition coefficient (Wildman–Crippen LogP) is 10.2. The monoisotopic (exact) mass is 593 g/mol. The molecule has 46 heavy (non-hydrogen) atoms. The van der Waals surface area contributed by atoms with Gasteiger partial charge in [0.25, 0.3) is 0 Å². The Morgan fingerprint density at radius 3 is 2.04 bits per heavy atom. The van der Waals surface area contributed by atoms with Crippen molar-refractivity contribution in [3.05, 3.63) is 157 Å². The third kappa shape index (κ3) is 4.70. The minimum absolute atomic E-state index is 0.708. The maximum atomic E-state index is 5.06. The number of hydrogen-bond acceptors (Lipinski definition) is 3. The molecule has 0 aliphatic carbocycles. The van der Waals surface area contributed by atoms with Gasteiger partial charge in [0.05, 0.1) is 33.5 Å².